The zero-order chi connectivity index (χ0) is 22.0. The quantitative estimate of drug-likeness (QED) is 0.496. The van der Waals surface area contributed by atoms with Gasteiger partial charge in [-0.05, 0) is 55.1 Å². The van der Waals surface area contributed by atoms with E-state index in [2.05, 4.69) is 0 Å². The molecule has 1 aromatic heterocycles. The summed E-state index contributed by atoms with van der Waals surface area (Å²) in [6.45, 7) is 4.43. The molecule has 2 amide bonds. The lowest BCUT2D eigenvalue weighted by molar-refractivity contribution is -0.120. The Morgan fingerprint density at radius 2 is 1.65 bits per heavy atom. The van der Waals surface area contributed by atoms with E-state index >= 15 is 0 Å². The lowest BCUT2D eigenvalue weighted by Gasteiger charge is -2.21. The molecule has 0 radical (unpaired) electrons. The maximum absolute atomic E-state index is 13.5. The Balaban J connectivity index is 1.69. The van der Waals surface area contributed by atoms with Gasteiger partial charge in [-0.25, -0.2) is 4.90 Å². The number of nitrogens with zero attached hydrogens (tertiary/aromatic N) is 2. The van der Waals surface area contributed by atoms with Crippen molar-refractivity contribution in [1.82, 2.24) is 4.90 Å². The molecule has 6 heteroatoms. The van der Waals surface area contributed by atoms with Gasteiger partial charge in [0.05, 0.1) is 17.4 Å². The smallest absolute Gasteiger partial charge is 0.282 e. The van der Waals surface area contributed by atoms with Crippen molar-refractivity contribution in [3.05, 3.63) is 88.2 Å². The van der Waals surface area contributed by atoms with Crippen LogP contribution in [0.25, 0.3) is 5.57 Å². The maximum atomic E-state index is 13.5. The van der Waals surface area contributed by atoms with Gasteiger partial charge in [0, 0.05) is 18.5 Å². The fourth-order valence-corrected chi connectivity index (χ4v) is 4.39. The minimum atomic E-state index is -0.315. The monoisotopic (exact) mass is 432 g/mol. The van der Waals surface area contributed by atoms with E-state index in [0.717, 1.165) is 10.4 Å². The van der Waals surface area contributed by atoms with Crippen molar-refractivity contribution in [2.24, 2.45) is 0 Å². The molecule has 0 bridgehead atoms. The van der Waals surface area contributed by atoms with E-state index < -0.39 is 0 Å². The van der Waals surface area contributed by atoms with Crippen molar-refractivity contribution in [2.45, 2.75) is 26.5 Å². The molecule has 0 saturated carbocycles. The summed E-state index contributed by atoms with van der Waals surface area (Å²) < 4.78 is 5.69. The Morgan fingerprint density at radius 1 is 0.935 bits per heavy atom. The van der Waals surface area contributed by atoms with Crippen LogP contribution in [0.5, 0.6) is 5.75 Å². The van der Waals surface area contributed by atoms with E-state index in [1.807, 2.05) is 73.6 Å². The van der Waals surface area contributed by atoms with Crippen LogP contribution < -0.4 is 9.64 Å². The fourth-order valence-electron chi connectivity index (χ4n) is 3.63. The Labute approximate surface area is 186 Å². The molecular weight excluding hydrogens is 408 g/mol. The van der Waals surface area contributed by atoms with Gasteiger partial charge in [0.1, 0.15) is 11.4 Å². The van der Waals surface area contributed by atoms with Crippen molar-refractivity contribution < 1.29 is 14.3 Å². The molecule has 3 aromatic rings. The summed E-state index contributed by atoms with van der Waals surface area (Å²) in [4.78, 5) is 30.8. The lowest BCUT2D eigenvalue weighted by atomic mass is 10.1. The summed E-state index contributed by atoms with van der Waals surface area (Å²) in [7, 11) is 1.85. The van der Waals surface area contributed by atoms with Crippen molar-refractivity contribution in [1.29, 1.82) is 0 Å². The summed E-state index contributed by atoms with van der Waals surface area (Å²) in [5, 5.41) is 1.91. The summed E-state index contributed by atoms with van der Waals surface area (Å²) in [6.07, 6.45) is 0.0474. The van der Waals surface area contributed by atoms with Crippen molar-refractivity contribution in [3.8, 4) is 5.75 Å². The van der Waals surface area contributed by atoms with Gasteiger partial charge in [-0.1, -0.05) is 36.4 Å². The molecule has 5 nitrogen and oxygen atoms in total. The average molecular weight is 433 g/mol. The number of hydrogen-bond acceptors (Lipinski definition) is 5. The van der Waals surface area contributed by atoms with Crippen LogP contribution in [-0.2, 0) is 16.1 Å². The van der Waals surface area contributed by atoms with E-state index in [4.69, 9.17) is 4.74 Å². The number of imide groups is 1. The number of likely N-dealkylation sites (N-methyl/N-ethyl adjacent to an activating group) is 1. The normalized spacial score (nSPS) is 14.0. The number of anilines is 1. The number of carbonyl (C=O) groups excluding carboxylic acids is 2. The molecule has 2 heterocycles. The second kappa shape index (κ2) is 8.78. The first-order valence-corrected chi connectivity index (χ1v) is 11.0. The first-order chi connectivity index (χ1) is 15.0. The highest BCUT2D eigenvalue weighted by molar-refractivity contribution is 7.11. The van der Waals surface area contributed by atoms with Crippen LogP contribution in [0, 0.1) is 0 Å². The van der Waals surface area contributed by atoms with Crippen LogP contribution in [0.1, 0.15) is 24.3 Å². The SMILES string of the molecule is CC(C)Oc1ccc(N2C(=O)C(c3cccs3)=C(N(C)Cc3ccccc3)C2=O)cc1. The molecule has 1 aliphatic heterocycles. The number of amides is 2. The Bertz CT molecular complexity index is 1100. The van der Waals surface area contributed by atoms with Gasteiger partial charge < -0.3 is 9.64 Å². The van der Waals surface area contributed by atoms with Crippen LogP contribution in [0.2, 0.25) is 0 Å². The third kappa shape index (κ3) is 4.25. The van der Waals surface area contributed by atoms with Crippen molar-refractivity contribution >= 4 is 34.4 Å². The highest BCUT2D eigenvalue weighted by atomic mass is 32.1. The molecule has 158 valence electrons. The number of hydrogen-bond donors (Lipinski definition) is 0. The minimum Gasteiger partial charge on any atom is -0.491 e. The predicted octanol–water partition coefficient (Wildman–Crippen LogP) is 4.95. The lowest BCUT2D eigenvalue weighted by Crippen LogP contribution is -2.34. The molecule has 1 aliphatic rings. The highest BCUT2D eigenvalue weighted by Gasteiger charge is 2.42. The summed E-state index contributed by atoms with van der Waals surface area (Å²) in [5.74, 6) is 0.0787. The molecule has 4 rings (SSSR count). The topological polar surface area (TPSA) is 49.9 Å². The van der Waals surface area contributed by atoms with Crippen LogP contribution in [-0.4, -0.2) is 29.9 Å². The van der Waals surface area contributed by atoms with E-state index in [9.17, 15) is 9.59 Å². The van der Waals surface area contributed by atoms with E-state index in [0.29, 0.717) is 29.3 Å². The summed E-state index contributed by atoms with van der Waals surface area (Å²) in [6, 6.07) is 20.7. The summed E-state index contributed by atoms with van der Waals surface area (Å²) >= 11 is 1.46. The van der Waals surface area contributed by atoms with Gasteiger partial charge in [-0.15, -0.1) is 11.3 Å². The number of rotatable bonds is 7. The average Bonchev–Trinajstić information content (AvgIpc) is 3.35. The van der Waals surface area contributed by atoms with Crippen molar-refractivity contribution in [3.63, 3.8) is 0 Å². The van der Waals surface area contributed by atoms with Gasteiger partial charge in [0.2, 0.25) is 0 Å². The molecular formula is C25H24N2O3S. The maximum Gasteiger partial charge on any atom is 0.282 e. The zero-order valence-corrected chi connectivity index (χ0v) is 18.6. The van der Waals surface area contributed by atoms with Gasteiger partial charge in [0.15, 0.2) is 0 Å². The molecule has 31 heavy (non-hydrogen) atoms. The Hall–Kier alpha value is -3.38. The third-order valence-electron chi connectivity index (χ3n) is 4.94. The highest BCUT2D eigenvalue weighted by Crippen LogP contribution is 2.37. The number of benzene rings is 2. The first-order valence-electron chi connectivity index (χ1n) is 10.1. The molecule has 0 fully saturated rings. The van der Waals surface area contributed by atoms with E-state index in [1.54, 1.807) is 24.3 Å². The fraction of sp³-hybridized carbons (Fsp3) is 0.200. The van der Waals surface area contributed by atoms with Crippen LogP contribution >= 0.6 is 11.3 Å². The van der Waals surface area contributed by atoms with Gasteiger partial charge in [0.25, 0.3) is 11.8 Å². The van der Waals surface area contributed by atoms with Crippen LogP contribution in [0.4, 0.5) is 5.69 Å². The summed E-state index contributed by atoms with van der Waals surface area (Å²) in [5.41, 5.74) is 2.46. The molecule has 0 spiro atoms. The molecule has 0 unspecified atom stereocenters. The third-order valence-corrected chi connectivity index (χ3v) is 5.83. The second-order valence-corrected chi connectivity index (χ2v) is 8.60. The van der Waals surface area contributed by atoms with Crippen molar-refractivity contribution in [2.75, 3.05) is 11.9 Å². The Kier molecular flexibility index (Phi) is 5.91. The second-order valence-electron chi connectivity index (χ2n) is 7.65. The van der Waals surface area contributed by atoms with Gasteiger partial charge in [-0.3, -0.25) is 9.59 Å². The minimum absolute atomic E-state index is 0.0474. The van der Waals surface area contributed by atoms with E-state index in [1.165, 1.54) is 16.2 Å². The first kappa shape index (κ1) is 20.9. The van der Waals surface area contributed by atoms with E-state index in [-0.39, 0.29) is 17.9 Å². The molecule has 0 N–H and O–H groups in total. The predicted molar refractivity (Wildman–Crippen MR) is 124 cm³/mol. The molecule has 2 aromatic carbocycles. The standard InChI is InChI=1S/C25H24N2O3S/c1-17(2)30-20-13-11-19(12-14-20)27-24(28)22(21-10-7-15-31-21)23(25(27)29)26(3)16-18-8-5-4-6-9-18/h4-15,17H,16H2,1-3H3. The molecule has 0 aliphatic carbocycles. The zero-order valence-electron chi connectivity index (χ0n) is 17.7. The van der Waals surface area contributed by atoms with Gasteiger partial charge in [-0.2, -0.15) is 0 Å². The van der Waals surface area contributed by atoms with Crippen LogP contribution in [0.15, 0.2) is 77.8 Å². The largest absolute Gasteiger partial charge is 0.491 e. The molecule has 0 saturated heterocycles. The van der Waals surface area contributed by atoms with Gasteiger partial charge >= 0.3 is 0 Å². The number of thiophene rings is 1. The number of ether oxygens (including phenoxy) is 1. The number of carbonyl (C=O) groups is 2. The molecule has 0 atom stereocenters. The Morgan fingerprint density at radius 3 is 2.26 bits per heavy atom. The van der Waals surface area contributed by atoms with Crippen LogP contribution in [0.3, 0.4) is 0 Å².